The van der Waals surface area contributed by atoms with Crippen LogP contribution in [0.1, 0.15) is 37.3 Å². The van der Waals surface area contributed by atoms with Crippen LogP contribution in [0.3, 0.4) is 0 Å². The van der Waals surface area contributed by atoms with Crippen LogP contribution < -0.4 is 5.73 Å². The Morgan fingerprint density at radius 3 is 2.00 bits per heavy atom. The molecule has 2 nitrogen and oxygen atoms in total. The van der Waals surface area contributed by atoms with Gasteiger partial charge in [-0.15, -0.1) is 0 Å². The van der Waals surface area contributed by atoms with E-state index in [9.17, 15) is 0 Å². The maximum atomic E-state index is 8.90. The molecule has 0 saturated carbocycles. The molecule has 0 amide bonds. The molecule has 3 aromatic carbocycles. The minimum atomic E-state index is 0.0368. The van der Waals surface area contributed by atoms with Crippen molar-refractivity contribution in [2.24, 2.45) is 5.73 Å². The van der Waals surface area contributed by atoms with Gasteiger partial charge in [0.15, 0.2) is 0 Å². The molecule has 1 unspecified atom stereocenters. The van der Waals surface area contributed by atoms with E-state index in [1.165, 1.54) is 27.1 Å². The summed E-state index contributed by atoms with van der Waals surface area (Å²) in [6, 6.07) is 19.3. The molecule has 0 heterocycles. The van der Waals surface area contributed by atoms with Crippen LogP contribution in [0.5, 0.6) is 0 Å². The maximum Gasteiger partial charge on any atom is 0.0431 e. The average molecular weight is 293 g/mol. The van der Waals surface area contributed by atoms with Crippen LogP contribution in [0.2, 0.25) is 0 Å². The van der Waals surface area contributed by atoms with Crippen molar-refractivity contribution in [3.05, 3.63) is 60.2 Å². The Labute approximate surface area is 131 Å². The van der Waals surface area contributed by atoms with Crippen molar-refractivity contribution < 1.29 is 5.11 Å². The second-order valence-electron chi connectivity index (χ2n) is 5.91. The van der Waals surface area contributed by atoms with Crippen molar-refractivity contribution in [1.29, 1.82) is 0 Å². The lowest BCUT2D eigenvalue weighted by Gasteiger charge is -2.18. The van der Waals surface area contributed by atoms with E-state index in [1.807, 2.05) is 0 Å². The highest BCUT2D eigenvalue weighted by Crippen LogP contribution is 2.33. The molecule has 0 bridgehead atoms. The van der Waals surface area contributed by atoms with Gasteiger partial charge in [-0.25, -0.2) is 0 Å². The topological polar surface area (TPSA) is 46.2 Å². The highest BCUT2D eigenvalue weighted by molar-refractivity contribution is 6.02. The molecular weight excluding hydrogens is 270 g/mol. The third-order valence-electron chi connectivity index (χ3n) is 4.36. The standard InChI is InChI=1S/C20H23NO/c21-19(12-2-1-7-13-22)20-17-10-5-3-8-15(17)14-16-9-4-6-11-18(16)20/h3-6,8-11,14,19,22H,1-2,7,12-13,21H2. The van der Waals surface area contributed by atoms with Crippen molar-refractivity contribution in [3.63, 3.8) is 0 Å². The molecule has 0 saturated heterocycles. The smallest absolute Gasteiger partial charge is 0.0431 e. The highest BCUT2D eigenvalue weighted by atomic mass is 16.2. The van der Waals surface area contributed by atoms with Gasteiger partial charge in [0.05, 0.1) is 0 Å². The predicted octanol–water partition coefficient (Wildman–Crippen LogP) is 4.55. The largest absolute Gasteiger partial charge is 0.396 e. The third-order valence-corrected chi connectivity index (χ3v) is 4.36. The monoisotopic (exact) mass is 293 g/mol. The van der Waals surface area contributed by atoms with Crippen molar-refractivity contribution in [1.82, 2.24) is 0 Å². The number of hydrogen-bond acceptors (Lipinski definition) is 2. The number of aliphatic hydroxyl groups is 1. The fourth-order valence-corrected chi connectivity index (χ4v) is 3.25. The van der Waals surface area contributed by atoms with Crippen molar-refractivity contribution in [2.75, 3.05) is 6.61 Å². The van der Waals surface area contributed by atoms with Gasteiger partial charge >= 0.3 is 0 Å². The zero-order valence-electron chi connectivity index (χ0n) is 12.8. The van der Waals surface area contributed by atoms with Crippen molar-refractivity contribution in [3.8, 4) is 0 Å². The Morgan fingerprint density at radius 2 is 1.41 bits per heavy atom. The Bertz CT molecular complexity index is 712. The number of hydrogen-bond donors (Lipinski definition) is 2. The van der Waals surface area contributed by atoms with Gasteiger partial charge in [-0.2, -0.15) is 0 Å². The Kier molecular flexibility index (Phi) is 4.71. The number of rotatable bonds is 6. The molecule has 114 valence electrons. The fraction of sp³-hybridized carbons (Fsp3) is 0.300. The molecule has 2 heteroatoms. The lowest BCUT2D eigenvalue weighted by Crippen LogP contribution is -2.11. The fourth-order valence-electron chi connectivity index (χ4n) is 3.25. The summed E-state index contributed by atoms with van der Waals surface area (Å²) in [6.45, 7) is 0.270. The first kappa shape index (κ1) is 15.0. The summed E-state index contributed by atoms with van der Waals surface area (Å²) in [7, 11) is 0. The molecule has 1 atom stereocenters. The van der Waals surface area contributed by atoms with E-state index in [0.717, 1.165) is 25.7 Å². The zero-order chi connectivity index (χ0) is 15.4. The van der Waals surface area contributed by atoms with Gasteiger partial charge in [0.25, 0.3) is 0 Å². The lowest BCUT2D eigenvalue weighted by molar-refractivity contribution is 0.282. The molecule has 0 aliphatic rings. The Hall–Kier alpha value is -1.90. The number of unbranched alkanes of at least 4 members (excludes halogenated alkanes) is 2. The van der Waals surface area contributed by atoms with Gasteiger partial charge in [0.1, 0.15) is 0 Å². The molecule has 0 fully saturated rings. The van der Waals surface area contributed by atoms with Gasteiger partial charge in [-0.05, 0) is 46.0 Å². The van der Waals surface area contributed by atoms with E-state index < -0.39 is 0 Å². The van der Waals surface area contributed by atoms with Gasteiger partial charge in [0, 0.05) is 12.6 Å². The molecule has 3 aromatic rings. The van der Waals surface area contributed by atoms with E-state index in [-0.39, 0.29) is 12.6 Å². The number of nitrogens with two attached hydrogens (primary N) is 1. The molecular formula is C20H23NO. The van der Waals surface area contributed by atoms with Crippen LogP contribution >= 0.6 is 0 Å². The molecule has 0 aliphatic heterocycles. The molecule has 22 heavy (non-hydrogen) atoms. The second kappa shape index (κ2) is 6.91. The minimum Gasteiger partial charge on any atom is -0.396 e. The summed E-state index contributed by atoms with van der Waals surface area (Å²) in [5.74, 6) is 0. The molecule has 0 spiro atoms. The second-order valence-corrected chi connectivity index (χ2v) is 5.91. The van der Waals surface area contributed by atoms with Crippen LogP contribution in [0.15, 0.2) is 54.6 Å². The maximum absolute atomic E-state index is 8.90. The van der Waals surface area contributed by atoms with E-state index in [4.69, 9.17) is 10.8 Å². The lowest BCUT2D eigenvalue weighted by atomic mass is 9.90. The van der Waals surface area contributed by atoms with E-state index in [2.05, 4.69) is 54.6 Å². The average Bonchev–Trinajstić information content (AvgIpc) is 2.56. The summed E-state index contributed by atoms with van der Waals surface area (Å²) < 4.78 is 0. The first-order chi connectivity index (χ1) is 10.8. The normalized spacial score (nSPS) is 12.8. The van der Waals surface area contributed by atoms with E-state index in [1.54, 1.807) is 0 Å². The number of aliphatic hydroxyl groups excluding tert-OH is 1. The molecule has 0 aromatic heterocycles. The summed E-state index contributed by atoms with van der Waals surface area (Å²) >= 11 is 0. The third kappa shape index (κ3) is 2.99. The molecule has 3 rings (SSSR count). The van der Waals surface area contributed by atoms with Gasteiger partial charge < -0.3 is 10.8 Å². The first-order valence-electron chi connectivity index (χ1n) is 8.08. The summed E-state index contributed by atoms with van der Waals surface area (Å²) in [6.07, 6.45) is 3.91. The van der Waals surface area contributed by atoms with Gasteiger partial charge in [-0.3, -0.25) is 0 Å². The van der Waals surface area contributed by atoms with Gasteiger partial charge in [-0.1, -0.05) is 61.4 Å². The molecule has 0 aliphatic carbocycles. The first-order valence-corrected chi connectivity index (χ1v) is 8.08. The van der Waals surface area contributed by atoms with Gasteiger partial charge in [0.2, 0.25) is 0 Å². The predicted molar refractivity (Wildman–Crippen MR) is 93.9 cm³/mol. The van der Waals surface area contributed by atoms with Crippen LogP contribution in [-0.4, -0.2) is 11.7 Å². The zero-order valence-corrected chi connectivity index (χ0v) is 12.8. The van der Waals surface area contributed by atoms with Crippen LogP contribution in [0.25, 0.3) is 21.5 Å². The number of benzene rings is 3. The van der Waals surface area contributed by atoms with E-state index >= 15 is 0 Å². The molecule has 0 radical (unpaired) electrons. The Balaban J connectivity index is 2.04. The summed E-state index contributed by atoms with van der Waals surface area (Å²) in [5, 5.41) is 13.9. The molecule has 3 N–H and O–H groups in total. The van der Waals surface area contributed by atoms with Crippen LogP contribution in [-0.2, 0) is 0 Å². The highest BCUT2D eigenvalue weighted by Gasteiger charge is 2.14. The number of fused-ring (bicyclic) bond motifs is 2. The quantitative estimate of drug-likeness (QED) is 0.517. The Morgan fingerprint density at radius 1 is 0.818 bits per heavy atom. The summed E-state index contributed by atoms with van der Waals surface area (Å²) in [5.41, 5.74) is 7.81. The SMILES string of the molecule is NC(CCCCCO)c1c2ccccc2cc2ccccc12. The van der Waals surface area contributed by atoms with Crippen LogP contribution in [0, 0.1) is 0 Å². The van der Waals surface area contributed by atoms with E-state index in [0.29, 0.717) is 0 Å². The van der Waals surface area contributed by atoms with Crippen molar-refractivity contribution in [2.45, 2.75) is 31.7 Å². The summed E-state index contributed by atoms with van der Waals surface area (Å²) in [4.78, 5) is 0. The van der Waals surface area contributed by atoms with Crippen LogP contribution in [0.4, 0.5) is 0 Å². The van der Waals surface area contributed by atoms with Crippen molar-refractivity contribution >= 4 is 21.5 Å². The minimum absolute atomic E-state index is 0.0368.